The maximum atomic E-state index is 13.0. The van der Waals surface area contributed by atoms with Crippen LogP contribution in [0.4, 0.5) is 14.5 Å². The molecule has 0 amide bonds. The van der Waals surface area contributed by atoms with Gasteiger partial charge in [-0.3, -0.25) is 10.1 Å². The number of benzene rings is 2. The van der Waals surface area contributed by atoms with E-state index in [9.17, 15) is 23.7 Å². The van der Waals surface area contributed by atoms with Crippen molar-refractivity contribution < 1.29 is 28.3 Å². The van der Waals surface area contributed by atoms with E-state index >= 15 is 0 Å². The molecule has 0 aliphatic heterocycles. The van der Waals surface area contributed by atoms with Crippen LogP contribution in [-0.4, -0.2) is 16.0 Å². The monoisotopic (exact) mass is 295 g/mol. The molecule has 0 radical (unpaired) electrons. The number of carboxylic acid groups (broad SMARTS) is 1. The standard InChI is InChI=1S/C13H7F2NO5/c14-9-3-2-8(6-10(9)15)21-12-4-1-7(13(17)18)5-11(12)16(19)20/h1-6H,(H,17,18). The third kappa shape index (κ3) is 3.11. The van der Waals surface area contributed by atoms with E-state index in [0.717, 1.165) is 36.4 Å². The summed E-state index contributed by atoms with van der Waals surface area (Å²) in [6.45, 7) is 0. The highest BCUT2D eigenvalue weighted by molar-refractivity contribution is 5.88. The normalized spacial score (nSPS) is 10.2. The highest BCUT2D eigenvalue weighted by Gasteiger charge is 2.19. The maximum Gasteiger partial charge on any atom is 0.335 e. The van der Waals surface area contributed by atoms with Crippen molar-refractivity contribution in [3.8, 4) is 11.5 Å². The average molecular weight is 295 g/mol. The third-order valence-electron chi connectivity index (χ3n) is 2.52. The largest absolute Gasteiger partial charge is 0.478 e. The number of carbonyl (C=O) groups is 1. The van der Waals surface area contributed by atoms with Crippen molar-refractivity contribution in [3.05, 3.63) is 63.7 Å². The quantitative estimate of drug-likeness (QED) is 0.690. The number of hydrogen-bond acceptors (Lipinski definition) is 4. The predicted molar refractivity (Wildman–Crippen MR) is 66.5 cm³/mol. The number of carboxylic acids is 1. The lowest BCUT2D eigenvalue weighted by molar-refractivity contribution is -0.385. The van der Waals surface area contributed by atoms with Crippen LogP contribution in [0.25, 0.3) is 0 Å². The number of ether oxygens (including phenoxy) is 1. The van der Waals surface area contributed by atoms with Gasteiger partial charge in [0, 0.05) is 12.1 Å². The van der Waals surface area contributed by atoms with Crippen molar-refractivity contribution in [2.24, 2.45) is 0 Å². The predicted octanol–water partition coefficient (Wildman–Crippen LogP) is 3.36. The van der Waals surface area contributed by atoms with Gasteiger partial charge in [-0.15, -0.1) is 0 Å². The summed E-state index contributed by atoms with van der Waals surface area (Å²) in [6, 6.07) is 5.62. The molecule has 0 bridgehead atoms. The zero-order valence-electron chi connectivity index (χ0n) is 10.2. The smallest absolute Gasteiger partial charge is 0.335 e. The molecule has 1 N–H and O–H groups in total. The fourth-order valence-corrected chi connectivity index (χ4v) is 1.55. The summed E-state index contributed by atoms with van der Waals surface area (Å²) in [4.78, 5) is 20.8. The molecule has 0 unspecified atom stereocenters. The van der Waals surface area contributed by atoms with Crippen LogP contribution in [0.15, 0.2) is 36.4 Å². The molecular weight excluding hydrogens is 288 g/mol. The Morgan fingerprint density at radius 2 is 1.86 bits per heavy atom. The van der Waals surface area contributed by atoms with Gasteiger partial charge >= 0.3 is 11.7 Å². The number of hydrogen-bond donors (Lipinski definition) is 1. The van der Waals surface area contributed by atoms with Gasteiger partial charge in [-0.05, 0) is 24.3 Å². The van der Waals surface area contributed by atoms with E-state index in [0.29, 0.717) is 0 Å². The Labute approximate surface area is 116 Å². The van der Waals surface area contributed by atoms with Crippen molar-refractivity contribution in [3.63, 3.8) is 0 Å². The van der Waals surface area contributed by atoms with Gasteiger partial charge in [-0.25, -0.2) is 13.6 Å². The Hall–Kier alpha value is -3.03. The lowest BCUT2D eigenvalue weighted by Gasteiger charge is -2.07. The molecule has 0 atom stereocenters. The van der Waals surface area contributed by atoms with Gasteiger partial charge < -0.3 is 9.84 Å². The molecule has 2 aromatic carbocycles. The SMILES string of the molecule is O=C(O)c1ccc(Oc2ccc(F)c(F)c2)c([N+](=O)[O-])c1. The van der Waals surface area contributed by atoms with E-state index in [1.165, 1.54) is 0 Å². The number of rotatable bonds is 4. The van der Waals surface area contributed by atoms with Gasteiger partial charge in [-0.2, -0.15) is 0 Å². The van der Waals surface area contributed by atoms with Crippen LogP contribution in [0.3, 0.4) is 0 Å². The van der Waals surface area contributed by atoms with Gasteiger partial charge in [0.2, 0.25) is 5.75 Å². The molecule has 108 valence electrons. The Kier molecular flexibility index (Phi) is 3.79. The first-order chi connectivity index (χ1) is 9.88. The number of halogens is 2. The Morgan fingerprint density at radius 1 is 1.14 bits per heavy atom. The number of nitro groups is 1. The van der Waals surface area contributed by atoms with Crippen LogP contribution in [0, 0.1) is 21.7 Å². The van der Waals surface area contributed by atoms with Crippen molar-refractivity contribution >= 4 is 11.7 Å². The molecule has 0 aliphatic carbocycles. The first kappa shape index (κ1) is 14.4. The fraction of sp³-hybridized carbons (Fsp3) is 0. The average Bonchev–Trinajstić information content (AvgIpc) is 2.43. The topological polar surface area (TPSA) is 89.7 Å². The zero-order chi connectivity index (χ0) is 15.6. The molecule has 0 spiro atoms. The molecule has 2 rings (SSSR count). The molecular formula is C13H7F2NO5. The van der Waals surface area contributed by atoms with Gasteiger partial charge in [-0.1, -0.05) is 0 Å². The van der Waals surface area contributed by atoms with Gasteiger partial charge in [0.15, 0.2) is 11.6 Å². The third-order valence-corrected chi connectivity index (χ3v) is 2.52. The molecule has 0 saturated heterocycles. The number of nitro benzene ring substituents is 1. The van der Waals surface area contributed by atoms with Crippen molar-refractivity contribution in [1.82, 2.24) is 0 Å². The minimum atomic E-state index is -1.34. The summed E-state index contributed by atoms with van der Waals surface area (Å²) >= 11 is 0. The van der Waals surface area contributed by atoms with Crippen LogP contribution in [0.2, 0.25) is 0 Å². The summed E-state index contributed by atoms with van der Waals surface area (Å²) < 4.78 is 30.9. The van der Waals surface area contributed by atoms with Crippen LogP contribution in [-0.2, 0) is 0 Å². The molecule has 0 aromatic heterocycles. The molecule has 6 nitrogen and oxygen atoms in total. The van der Waals surface area contributed by atoms with E-state index in [1.54, 1.807) is 0 Å². The van der Waals surface area contributed by atoms with E-state index in [-0.39, 0.29) is 17.1 Å². The number of aromatic carboxylic acids is 1. The van der Waals surface area contributed by atoms with E-state index in [1.807, 2.05) is 0 Å². The van der Waals surface area contributed by atoms with E-state index in [2.05, 4.69) is 0 Å². The van der Waals surface area contributed by atoms with Crippen molar-refractivity contribution in [2.75, 3.05) is 0 Å². The second kappa shape index (κ2) is 5.53. The summed E-state index contributed by atoms with van der Waals surface area (Å²) in [6.07, 6.45) is 0. The summed E-state index contributed by atoms with van der Waals surface area (Å²) in [5.41, 5.74) is -0.890. The first-order valence-corrected chi connectivity index (χ1v) is 5.53. The van der Waals surface area contributed by atoms with Crippen LogP contribution < -0.4 is 4.74 Å². The molecule has 21 heavy (non-hydrogen) atoms. The lowest BCUT2D eigenvalue weighted by Crippen LogP contribution is -2.00. The van der Waals surface area contributed by atoms with Crippen molar-refractivity contribution in [2.45, 2.75) is 0 Å². The second-order valence-electron chi connectivity index (χ2n) is 3.92. The molecule has 8 heteroatoms. The highest BCUT2D eigenvalue weighted by atomic mass is 19.2. The first-order valence-electron chi connectivity index (χ1n) is 5.53. The van der Waals surface area contributed by atoms with Gasteiger partial charge in [0.1, 0.15) is 5.75 Å². The summed E-state index contributed by atoms with van der Waals surface area (Å²) in [7, 11) is 0. The van der Waals surface area contributed by atoms with Crippen molar-refractivity contribution in [1.29, 1.82) is 0 Å². The minimum absolute atomic E-state index is 0.153. The fourth-order valence-electron chi connectivity index (χ4n) is 1.55. The lowest BCUT2D eigenvalue weighted by atomic mass is 10.2. The summed E-state index contributed by atoms with van der Waals surface area (Å²) in [5, 5.41) is 19.7. The highest BCUT2D eigenvalue weighted by Crippen LogP contribution is 2.32. The molecule has 0 fully saturated rings. The van der Waals surface area contributed by atoms with Crippen LogP contribution in [0.1, 0.15) is 10.4 Å². The van der Waals surface area contributed by atoms with Gasteiger partial charge in [0.25, 0.3) is 0 Å². The minimum Gasteiger partial charge on any atom is -0.478 e. The number of nitrogens with zero attached hydrogens (tertiary/aromatic N) is 1. The van der Waals surface area contributed by atoms with E-state index in [4.69, 9.17) is 9.84 Å². The molecule has 0 heterocycles. The zero-order valence-corrected chi connectivity index (χ0v) is 10.2. The summed E-state index contributed by atoms with van der Waals surface area (Å²) in [5.74, 6) is -4.02. The Morgan fingerprint density at radius 3 is 2.43 bits per heavy atom. The molecule has 0 aliphatic rings. The van der Waals surface area contributed by atoms with Crippen LogP contribution in [0.5, 0.6) is 11.5 Å². The van der Waals surface area contributed by atoms with E-state index < -0.39 is 28.2 Å². The second-order valence-corrected chi connectivity index (χ2v) is 3.92. The van der Waals surface area contributed by atoms with Gasteiger partial charge in [0.05, 0.1) is 10.5 Å². The Balaban J connectivity index is 2.41. The van der Waals surface area contributed by atoms with Crippen LogP contribution >= 0.6 is 0 Å². The molecule has 0 saturated carbocycles. The maximum absolute atomic E-state index is 13.0. The molecule has 2 aromatic rings. The Bertz CT molecular complexity index is 732.